The van der Waals surface area contributed by atoms with Crippen LogP contribution >= 0.6 is 0 Å². The van der Waals surface area contributed by atoms with Crippen LogP contribution < -0.4 is 5.73 Å². The van der Waals surface area contributed by atoms with E-state index in [-0.39, 0.29) is 0 Å². The van der Waals surface area contributed by atoms with Crippen LogP contribution in [0.25, 0.3) is 11.5 Å². The average molecular weight is 282 g/mol. The molecule has 1 saturated carbocycles. The molecule has 1 heterocycles. The van der Waals surface area contributed by atoms with Crippen molar-refractivity contribution in [3.63, 3.8) is 0 Å². The molecule has 0 spiro atoms. The van der Waals surface area contributed by atoms with Crippen molar-refractivity contribution in [2.45, 2.75) is 38.1 Å². The van der Waals surface area contributed by atoms with Gasteiger partial charge >= 0.3 is 0 Å². The summed E-state index contributed by atoms with van der Waals surface area (Å²) in [5.41, 5.74) is 7.31. The number of nitriles is 1. The molecule has 0 bridgehead atoms. The molecule has 1 aromatic heterocycles. The number of nitrogens with two attached hydrogens (primary N) is 1. The van der Waals surface area contributed by atoms with Crippen molar-refractivity contribution in [2.24, 2.45) is 11.7 Å². The molecule has 1 aromatic carbocycles. The van der Waals surface area contributed by atoms with Crippen LogP contribution in [-0.4, -0.2) is 10.1 Å². The van der Waals surface area contributed by atoms with Crippen LogP contribution in [0.5, 0.6) is 0 Å². The molecule has 1 aliphatic rings. The molecular formula is C16H18N4O. The highest BCUT2D eigenvalue weighted by Crippen LogP contribution is 2.37. The molecule has 1 fully saturated rings. The second-order valence-electron chi connectivity index (χ2n) is 5.97. The summed E-state index contributed by atoms with van der Waals surface area (Å²) in [6, 6.07) is 9.25. The zero-order chi connectivity index (χ0) is 14.9. The van der Waals surface area contributed by atoms with Gasteiger partial charge in [0, 0.05) is 5.56 Å². The first-order chi connectivity index (χ1) is 10.1. The van der Waals surface area contributed by atoms with E-state index in [1.54, 1.807) is 18.2 Å². The molecule has 0 radical (unpaired) electrons. The van der Waals surface area contributed by atoms with Crippen molar-refractivity contribution in [3.05, 3.63) is 35.7 Å². The van der Waals surface area contributed by atoms with Gasteiger partial charge in [-0.15, -0.1) is 0 Å². The minimum Gasteiger partial charge on any atom is -0.334 e. The van der Waals surface area contributed by atoms with Gasteiger partial charge in [-0.05, 0) is 37.0 Å². The molecule has 2 N–H and O–H groups in total. The van der Waals surface area contributed by atoms with Crippen molar-refractivity contribution in [2.75, 3.05) is 0 Å². The maximum absolute atomic E-state index is 8.95. The van der Waals surface area contributed by atoms with Crippen molar-refractivity contribution in [1.82, 2.24) is 10.1 Å². The van der Waals surface area contributed by atoms with Gasteiger partial charge in [-0.25, -0.2) is 0 Å². The standard InChI is InChI=1S/C16H18N4O/c1-11-4-3-7-16(18,9-11)15-19-14(21-20-15)13-6-2-5-12(8-13)10-17/h2,5-6,8,11H,3-4,7,9,18H2,1H3. The average Bonchev–Trinajstić information content (AvgIpc) is 2.98. The van der Waals surface area contributed by atoms with E-state index in [4.69, 9.17) is 15.5 Å². The summed E-state index contributed by atoms with van der Waals surface area (Å²) in [5.74, 6) is 1.57. The van der Waals surface area contributed by atoms with Crippen LogP contribution in [0.1, 0.15) is 44.0 Å². The Labute approximate surface area is 123 Å². The Morgan fingerprint density at radius 2 is 2.33 bits per heavy atom. The third kappa shape index (κ3) is 2.67. The number of nitrogens with zero attached hydrogens (tertiary/aromatic N) is 3. The van der Waals surface area contributed by atoms with Crippen LogP contribution in [0.15, 0.2) is 28.8 Å². The first kappa shape index (κ1) is 13.8. The molecule has 0 saturated heterocycles. The Balaban J connectivity index is 1.91. The topological polar surface area (TPSA) is 88.7 Å². The fourth-order valence-electron chi connectivity index (χ4n) is 3.06. The number of hydrogen-bond donors (Lipinski definition) is 1. The number of hydrogen-bond acceptors (Lipinski definition) is 5. The van der Waals surface area contributed by atoms with Gasteiger partial charge in [0.15, 0.2) is 5.82 Å². The summed E-state index contributed by atoms with van der Waals surface area (Å²) < 4.78 is 5.35. The molecule has 1 aliphatic carbocycles. The first-order valence-electron chi connectivity index (χ1n) is 7.24. The Hall–Kier alpha value is -2.19. The van der Waals surface area contributed by atoms with Gasteiger partial charge in [0.2, 0.25) is 0 Å². The fraction of sp³-hybridized carbons (Fsp3) is 0.438. The lowest BCUT2D eigenvalue weighted by atomic mass is 9.76. The molecule has 3 rings (SSSR count). The monoisotopic (exact) mass is 282 g/mol. The van der Waals surface area contributed by atoms with Gasteiger partial charge in [0.1, 0.15) is 0 Å². The molecule has 2 aromatic rings. The Morgan fingerprint density at radius 3 is 3.10 bits per heavy atom. The largest absolute Gasteiger partial charge is 0.334 e. The van der Waals surface area contributed by atoms with E-state index in [1.165, 1.54) is 6.42 Å². The van der Waals surface area contributed by atoms with E-state index >= 15 is 0 Å². The summed E-state index contributed by atoms with van der Waals surface area (Å²) in [5, 5.41) is 13.0. The number of benzene rings is 1. The minimum absolute atomic E-state index is 0.421. The van der Waals surface area contributed by atoms with Crippen molar-refractivity contribution in [1.29, 1.82) is 5.26 Å². The van der Waals surface area contributed by atoms with E-state index < -0.39 is 5.54 Å². The van der Waals surface area contributed by atoms with E-state index in [1.807, 2.05) is 6.07 Å². The second-order valence-corrected chi connectivity index (χ2v) is 5.97. The summed E-state index contributed by atoms with van der Waals surface area (Å²) in [7, 11) is 0. The SMILES string of the molecule is CC1CCCC(N)(c2noc(-c3cccc(C#N)c3)n2)C1. The van der Waals surface area contributed by atoms with Crippen LogP contribution in [0, 0.1) is 17.2 Å². The van der Waals surface area contributed by atoms with Gasteiger partial charge in [-0.1, -0.05) is 31.0 Å². The smallest absolute Gasteiger partial charge is 0.258 e. The Morgan fingerprint density at radius 1 is 1.48 bits per heavy atom. The normalized spacial score (nSPS) is 25.5. The summed E-state index contributed by atoms with van der Waals surface area (Å²) in [6.07, 6.45) is 4.05. The van der Waals surface area contributed by atoms with E-state index in [2.05, 4.69) is 23.1 Å². The second kappa shape index (κ2) is 5.30. The molecule has 5 heteroatoms. The Kier molecular flexibility index (Phi) is 3.48. The maximum atomic E-state index is 8.95. The lowest BCUT2D eigenvalue weighted by Crippen LogP contribution is -2.42. The highest BCUT2D eigenvalue weighted by molar-refractivity contribution is 5.56. The van der Waals surface area contributed by atoms with E-state index in [9.17, 15) is 0 Å². The molecule has 5 nitrogen and oxygen atoms in total. The van der Waals surface area contributed by atoms with Crippen molar-refractivity contribution >= 4 is 0 Å². The lowest BCUT2D eigenvalue weighted by molar-refractivity contribution is 0.222. The number of aromatic nitrogens is 2. The molecule has 21 heavy (non-hydrogen) atoms. The highest BCUT2D eigenvalue weighted by atomic mass is 16.5. The maximum Gasteiger partial charge on any atom is 0.258 e. The molecule has 108 valence electrons. The van der Waals surface area contributed by atoms with Gasteiger partial charge in [-0.3, -0.25) is 0 Å². The van der Waals surface area contributed by atoms with E-state index in [0.29, 0.717) is 23.2 Å². The van der Waals surface area contributed by atoms with Gasteiger partial charge in [-0.2, -0.15) is 10.2 Å². The van der Waals surface area contributed by atoms with Crippen LogP contribution in [0.2, 0.25) is 0 Å². The third-order valence-electron chi connectivity index (χ3n) is 4.14. The van der Waals surface area contributed by atoms with Gasteiger partial charge in [0.05, 0.1) is 17.2 Å². The van der Waals surface area contributed by atoms with Crippen LogP contribution in [-0.2, 0) is 5.54 Å². The van der Waals surface area contributed by atoms with Crippen LogP contribution in [0.3, 0.4) is 0 Å². The summed E-state index contributed by atoms with van der Waals surface area (Å²) in [4.78, 5) is 4.47. The zero-order valence-electron chi connectivity index (χ0n) is 12.0. The zero-order valence-corrected chi connectivity index (χ0v) is 12.0. The van der Waals surface area contributed by atoms with Crippen molar-refractivity contribution < 1.29 is 4.52 Å². The molecule has 0 aliphatic heterocycles. The van der Waals surface area contributed by atoms with Gasteiger partial charge < -0.3 is 10.3 Å². The summed E-state index contributed by atoms with van der Waals surface area (Å²) >= 11 is 0. The quantitative estimate of drug-likeness (QED) is 0.914. The number of rotatable bonds is 2. The van der Waals surface area contributed by atoms with Crippen molar-refractivity contribution in [3.8, 4) is 17.5 Å². The minimum atomic E-state index is -0.494. The first-order valence-corrected chi connectivity index (χ1v) is 7.24. The van der Waals surface area contributed by atoms with Gasteiger partial charge in [0.25, 0.3) is 5.89 Å². The van der Waals surface area contributed by atoms with Crippen LogP contribution in [0.4, 0.5) is 0 Å². The molecular weight excluding hydrogens is 264 g/mol. The molecule has 2 atom stereocenters. The predicted molar refractivity (Wildman–Crippen MR) is 77.9 cm³/mol. The molecule has 2 unspecified atom stereocenters. The molecule has 0 amide bonds. The Bertz CT molecular complexity index is 688. The lowest BCUT2D eigenvalue weighted by Gasteiger charge is -2.33. The fourth-order valence-corrected chi connectivity index (χ4v) is 3.06. The summed E-state index contributed by atoms with van der Waals surface area (Å²) in [6.45, 7) is 2.21. The third-order valence-corrected chi connectivity index (χ3v) is 4.14. The highest BCUT2D eigenvalue weighted by Gasteiger charge is 2.37. The van der Waals surface area contributed by atoms with E-state index in [0.717, 1.165) is 24.8 Å². The predicted octanol–water partition coefficient (Wildman–Crippen LogP) is 2.97.